The number of carbonyl (C=O) groups is 1. The molecule has 0 saturated carbocycles. The van der Waals surface area contributed by atoms with Gasteiger partial charge in [0.1, 0.15) is 0 Å². The first-order valence-electron chi connectivity index (χ1n) is 6.51. The highest BCUT2D eigenvalue weighted by molar-refractivity contribution is 6.30. The highest BCUT2D eigenvalue weighted by Gasteiger charge is 2.51. The van der Waals surface area contributed by atoms with E-state index < -0.39 is 0 Å². The molecule has 0 aromatic heterocycles. The van der Waals surface area contributed by atoms with Gasteiger partial charge in [0.2, 0.25) is 0 Å². The monoisotopic (exact) mass is 268 g/mol. The summed E-state index contributed by atoms with van der Waals surface area (Å²) in [4.78, 5) is 11.8. The molecular formula is C15H21ClO2. The Labute approximate surface area is 114 Å². The number of ketones is 1. The van der Waals surface area contributed by atoms with Crippen molar-refractivity contribution in [2.75, 3.05) is 6.61 Å². The summed E-state index contributed by atoms with van der Waals surface area (Å²) in [5, 5.41) is 10.5. The topological polar surface area (TPSA) is 37.3 Å². The van der Waals surface area contributed by atoms with Crippen molar-refractivity contribution in [1.29, 1.82) is 0 Å². The highest BCUT2D eigenvalue weighted by atomic mass is 35.5. The Balaban J connectivity index is 2.52. The summed E-state index contributed by atoms with van der Waals surface area (Å²) in [6.07, 6.45) is 4.87. The van der Waals surface area contributed by atoms with Crippen LogP contribution in [0.2, 0.25) is 0 Å². The largest absolute Gasteiger partial charge is 0.392 e. The van der Waals surface area contributed by atoms with Crippen molar-refractivity contribution >= 4 is 17.4 Å². The van der Waals surface area contributed by atoms with E-state index in [-0.39, 0.29) is 23.2 Å². The number of aliphatic hydroxyl groups excluding tert-OH is 1. The zero-order valence-corrected chi connectivity index (χ0v) is 12.1. The van der Waals surface area contributed by atoms with Crippen LogP contribution in [0, 0.1) is 10.8 Å². The number of allylic oxidation sites excluding steroid dienone is 3. The van der Waals surface area contributed by atoms with Crippen molar-refractivity contribution in [3.05, 3.63) is 22.3 Å². The van der Waals surface area contributed by atoms with Gasteiger partial charge < -0.3 is 5.11 Å². The minimum atomic E-state index is -0.147. The van der Waals surface area contributed by atoms with Gasteiger partial charge in [-0.15, -0.1) is 0 Å². The summed E-state index contributed by atoms with van der Waals surface area (Å²) in [6.45, 7) is 6.27. The van der Waals surface area contributed by atoms with E-state index >= 15 is 0 Å². The molecule has 0 aromatic rings. The van der Waals surface area contributed by atoms with Crippen molar-refractivity contribution in [3.8, 4) is 0 Å². The molecule has 1 N–H and O–H groups in total. The van der Waals surface area contributed by atoms with Crippen molar-refractivity contribution in [3.63, 3.8) is 0 Å². The normalized spacial score (nSPS) is 31.8. The molecular weight excluding hydrogens is 248 g/mol. The summed E-state index contributed by atoms with van der Waals surface area (Å²) in [5.41, 5.74) is 1.82. The maximum absolute atomic E-state index is 11.8. The second-order valence-corrected chi connectivity index (χ2v) is 6.76. The lowest BCUT2D eigenvalue weighted by Gasteiger charge is -2.52. The summed E-state index contributed by atoms with van der Waals surface area (Å²) in [7, 11) is 0. The van der Waals surface area contributed by atoms with E-state index in [9.17, 15) is 9.90 Å². The van der Waals surface area contributed by atoms with Gasteiger partial charge in [0.05, 0.1) is 6.61 Å². The first kappa shape index (κ1) is 13.8. The second kappa shape index (κ2) is 4.50. The fourth-order valence-electron chi connectivity index (χ4n) is 3.51. The van der Waals surface area contributed by atoms with E-state index in [1.165, 1.54) is 5.57 Å². The first-order chi connectivity index (χ1) is 8.32. The van der Waals surface area contributed by atoms with Crippen molar-refractivity contribution in [1.82, 2.24) is 0 Å². The van der Waals surface area contributed by atoms with Crippen molar-refractivity contribution < 1.29 is 9.90 Å². The van der Waals surface area contributed by atoms with Gasteiger partial charge >= 0.3 is 0 Å². The molecule has 0 unspecified atom stereocenters. The van der Waals surface area contributed by atoms with Gasteiger partial charge in [-0.3, -0.25) is 4.79 Å². The van der Waals surface area contributed by atoms with Crippen LogP contribution in [0.25, 0.3) is 0 Å². The lowest BCUT2D eigenvalue weighted by atomic mass is 9.52. The van der Waals surface area contributed by atoms with E-state index in [0.29, 0.717) is 6.42 Å². The Morgan fingerprint density at radius 1 is 1.39 bits per heavy atom. The average molecular weight is 269 g/mol. The summed E-state index contributed by atoms with van der Waals surface area (Å²) in [5.74, 6) is 0.122. The van der Waals surface area contributed by atoms with Crippen molar-refractivity contribution in [2.45, 2.75) is 46.5 Å². The zero-order chi connectivity index (χ0) is 13.6. The van der Waals surface area contributed by atoms with Crippen LogP contribution in [0.1, 0.15) is 46.5 Å². The van der Waals surface area contributed by atoms with Crippen LogP contribution in [0.3, 0.4) is 0 Å². The smallest absolute Gasteiger partial charge is 0.156 e. The number of carbonyl (C=O) groups excluding carboxylic acids is 1. The van der Waals surface area contributed by atoms with Crippen LogP contribution in [-0.4, -0.2) is 17.5 Å². The van der Waals surface area contributed by atoms with Gasteiger partial charge in [-0.25, -0.2) is 0 Å². The molecule has 3 heteroatoms. The van der Waals surface area contributed by atoms with Crippen molar-refractivity contribution in [2.24, 2.45) is 10.8 Å². The predicted molar refractivity (Wildman–Crippen MR) is 73.4 cm³/mol. The Morgan fingerprint density at radius 3 is 2.61 bits per heavy atom. The van der Waals surface area contributed by atoms with E-state index in [1.54, 1.807) is 6.08 Å². The minimum Gasteiger partial charge on any atom is -0.392 e. The molecule has 2 nitrogen and oxygen atoms in total. The molecule has 2 aliphatic carbocycles. The van der Waals surface area contributed by atoms with Gasteiger partial charge in [-0.05, 0) is 43.3 Å². The minimum absolute atomic E-state index is 0.0433. The second-order valence-electron chi connectivity index (χ2n) is 6.30. The van der Waals surface area contributed by atoms with Gasteiger partial charge in [-0.1, -0.05) is 31.0 Å². The molecule has 0 radical (unpaired) electrons. The van der Waals surface area contributed by atoms with E-state index in [1.807, 2.05) is 0 Å². The van der Waals surface area contributed by atoms with Crippen LogP contribution in [0.15, 0.2) is 22.3 Å². The summed E-state index contributed by atoms with van der Waals surface area (Å²) in [6, 6.07) is 0. The Morgan fingerprint density at radius 2 is 2.06 bits per heavy atom. The molecule has 0 bridgehead atoms. The van der Waals surface area contributed by atoms with Crippen LogP contribution in [0.5, 0.6) is 0 Å². The predicted octanol–water partition coefficient (Wildman–Crippen LogP) is 3.59. The molecule has 0 amide bonds. The molecule has 0 aliphatic heterocycles. The lowest BCUT2D eigenvalue weighted by molar-refractivity contribution is -0.120. The molecule has 0 aromatic carbocycles. The maximum atomic E-state index is 11.8. The van der Waals surface area contributed by atoms with Gasteiger partial charge in [0.15, 0.2) is 5.78 Å². The first-order valence-corrected chi connectivity index (χ1v) is 6.89. The molecule has 0 fully saturated rings. The Kier molecular flexibility index (Phi) is 3.46. The molecule has 100 valence electrons. The summed E-state index contributed by atoms with van der Waals surface area (Å²) < 4.78 is 0. The molecule has 1 spiro atoms. The molecule has 0 heterocycles. The third-order valence-electron chi connectivity index (χ3n) is 4.88. The molecule has 0 saturated heterocycles. The molecule has 2 aliphatic rings. The molecule has 2 rings (SSSR count). The zero-order valence-electron chi connectivity index (χ0n) is 11.3. The third-order valence-corrected chi connectivity index (χ3v) is 5.33. The number of rotatable bonds is 1. The van der Waals surface area contributed by atoms with Crippen LogP contribution >= 0.6 is 11.6 Å². The lowest BCUT2D eigenvalue weighted by Crippen LogP contribution is -2.46. The van der Waals surface area contributed by atoms with Crippen LogP contribution in [0.4, 0.5) is 0 Å². The molecule has 18 heavy (non-hydrogen) atoms. The Hall–Kier alpha value is -0.600. The van der Waals surface area contributed by atoms with Gasteiger partial charge in [-0.2, -0.15) is 0 Å². The number of aliphatic hydroxyl groups is 1. The van der Waals surface area contributed by atoms with E-state index in [2.05, 4.69) is 20.8 Å². The summed E-state index contributed by atoms with van der Waals surface area (Å²) >= 11 is 6.36. The van der Waals surface area contributed by atoms with Crippen LogP contribution < -0.4 is 0 Å². The number of hydrogen-bond donors (Lipinski definition) is 1. The SMILES string of the molecule is CC1=C(Cl)C[C@]2(CC1)C(CO)=CC(=O)CC2(C)C. The highest BCUT2D eigenvalue weighted by Crippen LogP contribution is 2.59. The molecule has 1 atom stereocenters. The fraction of sp³-hybridized carbons (Fsp3) is 0.667. The van der Waals surface area contributed by atoms with Gasteiger partial charge in [0.25, 0.3) is 0 Å². The number of halogens is 1. The van der Waals surface area contributed by atoms with Crippen LogP contribution in [-0.2, 0) is 4.79 Å². The standard InChI is InChI=1S/C15H21ClO2/c1-10-4-5-15(8-13(10)16)11(9-17)6-12(18)7-14(15,2)3/h6,17H,4-5,7-9H2,1-3H3/t15-/m1/s1. The van der Waals surface area contributed by atoms with E-state index in [0.717, 1.165) is 29.9 Å². The third kappa shape index (κ3) is 1.96. The van der Waals surface area contributed by atoms with E-state index in [4.69, 9.17) is 11.6 Å². The maximum Gasteiger partial charge on any atom is 0.156 e. The average Bonchev–Trinajstić information content (AvgIpc) is 2.27. The Bertz CT molecular complexity index is 445. The number of hydrogen-bond acceptors (Lipinski definition) is 2. The van der Waals surface area contributed by atoms with Gasteiger partial charge in [0, 0.05) is 16.9 Å². The quantitative estimate of drug-likeness (QED) is 0.789. The fourth-order valence-corrected chi connectivity index (χ4v) is 3.84.